The maximum absolute atomic E-state index is 6.02. The van der Waals surface area contributed by atoms with Gasteiger partial charge in [-0.05, 0) is 37.5 Å². The number of benzene rings is 1. The van der Waals surface area contributed by atoms with Crippen molar-refractivity contribution in [2.75, 3.05) is 0 Å². The lowest BCUT2D eigenvalue weighted by Crippen LogP contribution is -1.86. The summed E-state index contributed by atoms with van der Waals surface area (Å²) in [4.78, 5) is 0. The topological polar surface area (TPSA) is 0 Å². The molecule has 0 saturated carbocycles. The molecule has 0 amide bonds. The first-order valence-electron chi connectivity index (χ1n) is 3.46. The lowest BCUT2D eigenvalue weighted by molar-refractivity contribution is 1.29. The fraction of sp³-hybridized carbons (Fsp3) is 0.333. The van der Waals surface area contributed by atoms with Crippen molar-refractivity contribution in [2.24, 2.45) is 0 Å². The van der Waals surface area contributed by atoms with E-state index in [9.17, 15) is 0 Å². The van der Waals surface area contributed by atoms with Crippen LogP contribution in [0.3, 0.4) is 0 Å². The second-order valence-corrected chi connectivity index (χ2v) is 3.93. The van der Waals surface area contributed by atoms with E-state index in [1.807, 2.05) is 13.8 Å². The molecule has 0 nitrogen and oxygen atoms in total. The molecule has 1 aromatic carbocycles. The lowest BCUT2D eigenvalue weighted by atomic mass is 10.1. The van der Waals surface area contributed by atoms with Crippen molar-refractivity contribution in [3.63, 3.8) is 0 Å². The van der Waals surface area contributed by atoms with Gasteiger partial charge in [-0.3, -0.25) is 0 Å². The van der Waals surface area contributed by atoms with E-state index in [0.29, 0.717) is 0 Å². The number of hydrogen-bond donors (Lipinski definition) is 0. The largest absolute Gasteiger partial charge is 0.0837 e. The molecule has 11 heavy (non-hydrogen) atoms. The Hall–Kier alpha value is -0.0100. The van der Waals surface area contributed by atoms with Crippen LogP contribution in [0.4, 0.5) is 0 Å². The van der Waals surface area contributed by atoms with Gasteiger partial charge in [-0.2, -0.15) is 0 Å². The van der Waals surface area contributed by atoms with Crippen molar-refractivity contribution < 1.29 is 0 Å². The monoisotopic (exact) mass is 232 g/mol. The summed E-state index contributed by atoms with van der Waals surface area (Å²) >= 11 is 9.50. The summed E-state index contributed by atoms with van der Waals surface area (Å²) < 4.78 is 1.12. The Balaban J connectivity index is 3.46. The molecule has 0 spiro atoms. The third-order valence-electron chi connectivity index (χ3n) is 1.78. The van der Waals surface area contributed by atoms with E-state index in [1.54, 1.807) is 0 Å². The Morgan fingerprint density at radius 2 is 1.73 bits per heavy atom. The summed E-state index contributed by atoms with van der Waals surface area (Å²) in [5, 5.41) is 0.863. The molecule has 0 radical (unpaired) electrons. The molecule has 1 aromatic rings. The molecule has 0 N–H and O–H groups in total. The molecule has 2 heteroatoms. The molecule has 0 aromatic heterocycles. The van der Waals surface area contributed by atoms with Crippen LogP contribution in [0.15, 0.2) is 10.5 Å². The van der Waals surface area contributed by atoms with Gasteiger partial charge in [0.15, 0.2) is 0 Å². The summed E-state index contributed by atoms with van der Waals surface area (Å²) in [5.74, 6) is 0. The van der Waals surface area contributed by atoms with Crippen molar-refractivity contribution in [3.05, 3.63) is 32.3 Å². The van der Waals surface area contributed by atoms with E-state index in [0.717, 1.165) is 20.6 Å². The van der Waals surface area contributed by atoms with Crippen molar-refractivity contribution in [2.45, 2.75) is 20.8 Å². The predicted octanol–water partition coefficient (Wildman–Crippen LogP) is 4.03. The summed E-state index contributed by atoms with van der Waals surface area (Å²) in [7, 11) is 0. The summed E-state index contributed by atoms with van der Waals surface area (Å²) in [6, 6.07) is 2.08. The Morgan fingerprint density at radius 3 is 2.27 bits per heavy atom. The highest BCUT2D eigenvalue weighted by atomic mass is 79.9. The molecule has 0 aliphatic heterocycles. The molecule has 0 aliphatic carbocycles. The SMILES string of the molecule is Cc1cc(C)c(Br)c(C)c1Cl. The van der Waals surface area contributed by atoms with Crippen LogP contribution < -0.4 is 0 Å². The molecule has 0 aliphatic rings. The molecule has 0 heterocycles. The van der Waals surface area contributed by atoms with Crippen molar-refractivity contribution in [1.29, 1.82) is 0 Å². The normalized spacial score (nSPS) is 10.3. The van der Waals surface area contributed by atoms with Gasteiger partial charge in [-0.1, -0.05) is 33.6 Å². The van der Waals surface area contributed by atoms with Gasteiger partial charge in [0.05, 0.1) is 0 Å². The van der Waals surface area contributed by atoms with Gasteiger partial charge < -0.3 is 0 Å². The maximum Gasteiger partial charge on any atom is 0.0475 e. The second-order valence-electron chi connectivity index (χ2n) is 2.76. The standard InChI is InChI=1S/C9H10BrCl/c1-5-4-6(2)9(11)7(3)8(5)10/h4H,1-3H3. The van der Waals surface area contributed by atoms with E-state index in [1.165, 1.54) is 5.56 Å². The Kier molecular flexibility index (Phi) is 2.61. The fourth-order valence-electron chi connectivity index (χ4n) is 1.14. The van der Waals surface area contributed by atoms with Gasteiger partial charge in [-0.15, -0.1) is 0 Å². The highest BCUT2D eigenvalue weighted by Crippen LogP contribution is 2.29. The van der Waals surface area contributed by atoms with Crippen LogP contribution in [0.2, 0.25) is 5.02 Å². The van der Waals surface area contributed by atoms with Crippen LogP contribution in [0.5, 0.6) is 0 Å². The Bertz CT molecular complexity index is 266. The number of aryl methyl sites for hydroxylation is 2. The number of hydrogen-bond acceptors (Lipinski definition) is 0. The molecule has 0 atom stereocenters. The third-order valence-corrected chi connectivity index (χ3v) is 3.59. The minimum absolute atomic E-state index is 0.863. The average Bonchev–Trinajstić information content (AvgIpc) is 1.97. The zero-order valence-electron chi connectivity index (χ0n) is 6.83. The smallest absolute Gasteiger partial charge is 0.0475 e. The summed E-state index contributed by atoms with van der Waals surface area (Å²) in [5.41, 5.74) is 3.51. The molecule has 0 fully saturated rings. The lowest BCUT2D eigenvalue weighted by Gasteiger charge is -2.07. The van der Waals surface area contributed by atoms with E-state index in [-0.39, 0.29) is 0 Å². The second kappa shape index (κ2) is 3.16. The first-order valence-corrected chi connectivity index (χ1v) is 4.63. The van der Waals surface area contributed by atoms with E-state index < -0.39 is 0 Å². The molecule has 0 saturated heterocycles. The van der Waals surface area contributed by atoms with E-state index in [4.69, 9.17) is 11.6 Å². The Morgan fingerprint density at radius 1 is 1.18 bits per heavy atom. The Labute approximate surface area is 80.7 Å². The third kappa shape index (κ3) is 1.60. The van der Waals surface area contributed by atoms with Crippen molar-refractivity contribution in [3.8, 4) is 0 Å². The van der Waals surface area contributed by atoms with Crippen molar-refractivity contribution in [1.82, 2.24) is 0 Å². The van der Waals surface area contributed by atoms with Crippen LogP contribution in [-0.4, -0.2) is 0 Å². The van der Waals surface area contributed by atoms with Gasteiger partial charge in [0.2, 0.25) is 0 Å². The highest BCUT2D eigenvalue weighted by molar-refractivity contribution is 9.10. The van der Waals surface area contributed by atoms with Gasteiger partial charge in [0.1, 0.15) is 0 Å². The first kappa shape index (κ1) is 9.08. The molecule has 60 valence electrons. The highest BCUT2D eigenvalue weighted by Gasteiger charge is 2.05. The van der Waals surface area contributed by atoms with Crippen LogP contribution in [0, 0.1) is 20.8 Å². The van der Waals surface area contributed by atoms with Gasteiger partial charge in [0, 0.05) is 9.50 Å². The predicted molar refractivity (Wildman–Crippen MR) is 53.4 cm³/mol. The molecular formula is C9H10BrCl. The summed E-state index contributed by atoms with van der Waals surface area (Å²) in [6.45, 7) is 6.11. The zero-order valence-corrected chi connectivity index (χ0v) is 9.18. The van der Waals surface area contributed by atoms with Crippen LogP contribution in [0.1, 0.15) is 16.7 Å². The summed E-state index contributed by atoms with van der Waals surface area (Å²) in [6.07, 6.45) is 0. The average molecular weight is 234 g/mol. The number of halogens is 2. The fourth-order valence-corrected chi connectivity index (χ4v) is 1.72. The van der Waals surface area contributed by atoms with Crippen LogP contribution >= 0.6 is 27.5 Å². The van der Waals surface area contributed by atoms with Gasteiger partial charge in [0.25, 0.3) is 0 Å². The van der Waals surface area contributed by atoms with Crippen LogP contribution in [-0.2, 0) is 0 Å². The zero-order chi connectivity index (χ0) is 8.59. The minimum Gasteiger partial charge on any atom is -0.0837 e. The molecule has 1 rings (SSSR count). The number of rotatable bonds is 0. The van der Waals surface area contributed by atoms with Gasteiger partial charge in [-0.25, -0.2) is 0 Å². The minimum atomic E-state index is 0.863. The van der Waals surface area contributed by atoms with E-state index >= 15 is 0 Å². The first-order chi connectivity index (χ1) is 5.04. The quantitative estimate of drug-likeness (QED) is 0.635. The van der Waals surface area contributed by atoms with Crippen LogP contribution in [0.25, 0.3) is 0 Å². The molecular weight excluding hydrogens is 223 g/mol. The maximum atomic E-state index is 6.02. The van der Waals surface area contributed by atoms with Gasteiger partial charge >= 0.3 is 0 Å². The molecule has 0 bridgehead atoms. The van der Waals surface area contributed by atoms with Crippen molar-refractivity contribution >= 4 is 27.5 Å². The van der Waals surface area contributed by atoms with E-state index in [2.05, 4.69) is 28.9 Å². The molecule has 0 unspecified atom stereocenters.